The van der Waals surface area contributed by atoms with Crippen molar-refractivity contribution in [1.82, 2.24) is 0 Å². The third-order valence-corrected chi connectivity index (χ3v) is 4.86. The first kappa shape index (κ1) is 23.8. The zero-order chi connectivity index (χ0) is 22.9. The summed E-state index contributed by atoms with van der Waals surface area (Å²) in [5, 5.41) is 10.1. The lowest BCUT2D eigenvalue weighted by Gasteiger charge is -2.43. The van der Waals surface area contributed by atoms with Crippen LogP contribution in [0.3, 0.4) is 0 Å². The van der Waals surface area contributed by atoms with Crippen LogP contribution in [0, 0.1) is 0 Å². The third-order valence-electron chi connectivity index (χ3n) is 4.86. The van der Waals surface area contributed by atoms with Crippen LogP contribution in [0.2, 0.25) is 0 Å². The van der Waals surface area contributed by atoms with Gasteiger partial charge in [-0.3, -0.25) is 14.4 Å². The van der Waals surface area contributed by atoms with Crippen LogP contribution in [0.25, 0.3) is 0 Å². The predicted octanol–water partition coefficient (Wildman–Crippen LogP) is -0.608. The normalized spacial score (nSPS) is 39.3. The quantitative estimate of drug-likeness (QED) is 0.423. The molecule has 0 amide bonds. The van der Waals surface area contributed by atoms with Gasteiger partial charge in [0, 0.05) is 20.8 Å². The standard InChI is InChI=1S/C19H28O12/c1-8(20)26-11-7-25-18(16(28-10(3)22)13(11)27-9(2)21)29-12-6-24-17(23)15-14(12)30-19(4,5)31-15/h11-18,23H,6-7H2,1-5H3/t11-,12+,13-,14-,15+,16+,17?,18-/m0/s1. The van der Waals surface area contributed by atoms with Gasteiger partial charge in [-0.1, -0.05) is 0 Å². The summed E-state index contributed by atoms with van der Waals surface area (Å²) in [5.41, 5.74) is 0. The summed E-state index contributed by atoms with van der Waals surface area (Å²) >= 11 is 0. The molecule has 3 rings (SSSR count). The molecule has 31 heavy (non-hydrogen) atoms. The van der Waals surface area contributed by atoms with Gasteiger partial charge in [-0.2, -0.15) is 0 Å². The molecule has 8 atom stereocenters. The maximum absolute atomic E-state index is 11.7. The fourth-order valence-corrected chi connectivity index (χ4v) is 3.82. The van der Waals surface area contributed by atoms with E-state index in [-0.39, 0.29) is 13.2 Å². The Morgan fingerprint density at radius 1 is 0.806 bits per heavy atom. The Hall–Kier alpha value is -1.83. The first-order valence-corrected chi connectivity index (χ1v) is 9.91. The predicted molar refractivity (Wildman–Crippen MR) is 97.1 cm³/mol. The first-order valence-electron chi connectivity index (χ1n) is 9.91. The number of carbonyl (C=O) groups is 3. The van der Waals surface area contributed by atoms with Gasteiger partial charge in [-0.15, -0.1) is 0 Å². The van der Waals surface area contributed by atoms with Crippen molar-refractivity contribution < 1.29 is 57.4 Å². The molecular formula is C19H28O12. The molecular weight excluding hydrogens is 420 g/mol. The lowest BCUT2D eigenvalue weighted by atomic mass is 10.0. The van der Waals surface area contributed by atoms with Gasteiger partial charge in [0.2, 0.25) is 0 Å². The summed E-state index contributed by atoms with van der Waals surface area (Å²) in [6, 6.07) is 0. The van der Waals surface area contributed by atoms with Crippen LogP contribution in [0.4, 0.5) is 0 Å². The second-order valence-corrected chi connectivity index (χ2v) is 7.96. The molecule has 176 valence electrons. The zero-order valence-corrected chi connectivity index (χ0v) is 18.0. The molecule has 0 bridgehead atoms. The maximum Gasteiger partial charge on any atom is 0.303 e. The molecule has 12 nitrogen and oxygen atoms in total. The highest BCUT2D eigenvalue weighted by atomic mass is 16.8. The molecule has 0 aromatic carbocycles. The van der Waals surface area contributed by atoms with Crippen LogP contribution < -0.4 is 0 Å². The van der Waals surface area contributed by atoms with Crippen LogP contribution in [0.5, 0.6) is 0 Å². The van der Waals surface area contributed by atoms with Crippen molar-refractivity contribution in [2.24, 2.45) is 0 Å². The molecule has 0 aromatic heterocycles. The van der Waals surface area contributed by atoms with E-state index in [1.807, 2.05) is 0 Å². The van der Waals surface area contributed by atoms with Gasteiger partial charge in [0.05, 0.1) is 13.2 Å². The van der Waals surface area contributed by atoms with Crippen molar-refractivity contribution in [3.8, 4) is 0 Å². The van der Waals surface area contributed by atoms with Crippen LogP contribution in [-0.4, -0.2) is 91.2 Å². The van der Waals surface area contributed by atoms with Crippen LogP contribution >= 0.6 is 0 Å². The van der Waals surface area contributed by atoms with Gasteiger partial charge in [0.25, 0.3) is 0 Å². The fraction of sp³-hybridized carbons (Fsp3) is 0.842. The van der Waals surface area contributed by atoms with E-state index in [1.165, 1.54) is 20.8 Å². The van der Waals surface area contributed by atoms with Gasteiger partial charge in [0.15, 0.2) is 36.7 Å². The number of hydrogen-bond donors (Lipinski definition) is 1. The largest absolute Gasteiger partial charge is 0.456 e. The number of rotatable bonds is 5. The van der Waals surface area contributed by atoms with Gasteiger partial charge in [-0.25, -0.2) is 0 Å². The summed E-state index contributed by atoms with van der Waals surface area (Å²) in [6.07, 6.45) is -8.06. The Kier molecular flexibility index (Phi) is 7.18. The topological polar surface area (TPSA) is 145 Å². The van der Waals surface area contributed by atoms with Crippen molar-refractivity contribution in [2.75, 3.05) is 13.2 Å². The Bertz CT molecular complexity index is 693. The summed E-state index contributed by atoms with van der Waals surface area (Å²) in [4.78, 5) is 34.9. The molecule has 12 heteroatoms. The van der Waals surface area contributed by atoms with E-state index in [0.717, 1.165) is 0 Å². The highest BCUT2D eigenvalue weighted by molar-refractivity contribution is 5.68. The Morgan fingerprint density at radius 3 is 1.97 bits per heavy atom. The van der Waals surface area contributed by atoms with E-state index in [2.05, 4.69) is 0 Å². The molecule has 0 radical (unpaired) electrons. The highest BCUT2D eigenvalue weighted by Crippen LogP contribution is 2.37. The number of fused-ring (bicyclic) bond motifs is 1. The van der Waals surface area contributed by atoms with Gasteiger partial charge < -0.3 is 43.0 Å². The first-order chi connectivity index (χ1) is 14.5. The smallest absolute Gasteiger partial charge is 0.303 e. The van der Waals surface area contributed by atoms with Crippen LogP contribution in [0.1, 0.15) is 34.6 Å². The fourth-order valence-electron chi connectivity index (χ4n) is 3.82. The van der Waals surface area contributed by atoms with Gasteiger partial charge >= 0.3 is 17.9 Å². The molecule has 1 N–H and O–H groups in total. The number of hydrogen-bond acceptors (Lipinski definition) is 12. The van der Waals surface area contributed by atoms with Crippen LogP contribution in [0.15, 0.2) is 0 Å². The average Bonchev–Trinajstić information content (AvgIpc) is 2.97. The van der Waals surface area contributed by atoms with E-state index >= 15 is 0 Å². The summed E-state index contributed by atoms with van der Waals surface area (Å²) in [5.74, 6) is -2.95. The summed E-state index contributed by atoms with van der Waals surface area (Å²) in [6.45, 7) is 6.69. The molecule has 3 heterocycles. The Morgan fingerprint density at radius 2 is 1.35 bits per heavy atom. The minimum atomic E-state index is -1.24. The number of carbonyl (C=O) groups excluding carboxylic acids is 3. The number of ether oxygens (including phenoxy) is 8. The molecule has 3 saturated heterocycles. The molecule has 0 saturated carbocycles. The van der Waals surface area contributed by atoms with Gasteiger partial charge in [0.1, 0.15) is 18.3 Å². The molecule has 3 aliphatic heterocycles. The molecule has 1 unspecified atom stereocenters. The van der Waals surface area contributed by atoms with E-state index in [0.29, 0.717) is 0 Å². The van der Waals surface area contributed by atoms with E-state index in [9.17, 15) is 19.5 Å². The minimum absolute atomic E-state index is 0.0555. The molecule has 3 aliphatic rings. The Balaban J connectivity index is 1.80. The van der Waals surface area contributed by atoms with E-state index < -0.39 is 72.9 Å². The van der Waals surface area contributed by atoms with Crippen molar-refractivity contribution in [1.29, 1.82) is 0 Å². The van der Waals surface area contributed by atoms with Crippen molar-refractivity contribution >= 4 is 17.9 Å². The minimum Gasteiger partial charge on any atom is -0.456 e. The lowest BCUT2D eigenvalue weighted by Crippen LogP contribution is -2.61. The van der Waals surface area contributed by atoms with Crippen LogP contribution in [-0.2, 0) is 52.3 Å². The lowest BCUT2D eigenvalue weighted by molar-refractivity contribution is -0.316. The third kappa shape index (κ3) is 5.70. The number of aliphatic hydroxyl groups is 1. The second-order valence-electron chi connectivity index (χ2n) is 7.96. The Labute approximate surface area is 178 Å². The molecule has 3 fully saturated rings. The average molecular weight is 448 g/mol. The van der Waals surface area contributed by atoms with E-state index in [1.54, 1.807) is 13.8 Å². The summed E-state index contributed by atoms with van der Waals surface area (Å²) in [7, 11) is 0. The van der Waals surface area contributed by atoms with Crippen molar-refractivity contribution in [3.63, 3.8) is 0 Å². The maximum atomic E-state index is 11.7. The zero-order valence-electron chi connectivity index (χ0n) is 18.0. The molecule has 0 aromatic rings. The second kappa shape index (κ2) is 9.35. The van der Waals surface area contributed by atoms with Crippen molar-refractivity contribution in [2.45, 2.75) is 89.6 Å². The number of esters is 3. The van der Waals surface area contributed by atoms with E-state index in [4.69, 9.17) is 37.9 Å². The van der Waals surface area contributed by atoms with Gasteiger partial charge in [-0.05, 0) is 13.8 Å². The number of aliphatic hydroxyl groups excluding tert-OH is 1. The molecule has 0 aliphatic carbocycles. The summed E-state index contributed by atoms with van der Waals surface area (Å²) < 4.78 is 44.3. The van der Waals surface area contributed by atoms with Crippen molar-refractivity contribution in [3.05, 3.63) is 0 Å². The molecule has 0 spiro atoms. The highest BCUT2D eigenvalue weighted by Gasteiger charge is 2.55. The SMILES string of the molecule is CC(=O)O[C@@H]1[C@@H](OC(C)=O)[C@H](O[C@@H]2COC(O)[C@@H]3OC(C)(C)O[C@@H]23)OC[C@@H]1OC(C)=O. The monoisotopic (exact) mass is 448 g/mol.